The summed E-state index contributed by atoms with van der Waals surface area (Å²) in [6.07, 6.45) is 9.76. The van der Waals surface area contributed by atoms with Gasteiger partial charge in [-0.25, -0.2) is 4.98 Å². The highest BCUT2D eigenvalue weighted by Crippen LogP contribution is 2.45. The fourth-order valence-electron chi connectivity index (χ4n) is 2.73. The Bertz CT molecular complexity index is 356. The minimum Gasteiger partial charge on any atom is -0.382 e. The molecule has 82 valence electrons. The van der Waals surface area contributed by atoms with Crippen LogP contribution in [0.5, 0.6) is 0 Å². The molecule has 0 amide bonds. The first-order valence-electron chi connectivity index (χ1n) is 5.70. The molecule has 0 bridgehead atoms. The van der Waals surface area contributed by atoms with Crippen molar-refractivity contribution in [2.45, 2.75) is 43.7 Å². The predicted octanol–water partition coefficient (Wildman–Crippen LogP) is 1.74. The molecule has 1 saturated carbocycles. The summed E-state index contributed by atoms with van der Waals surface area (Å²) >= 11 is 0. The van der Waals surface area contributed by atoms with E-state index in [2.05, 4.69) is 9.55 Å². The minimum atomic E-state index is 0.196. The van der Waals surface area contributed by atoms with Gasteiger partial charge < -0.3 is 15.0 Å². The minimum absolute atomic E-state index is 0.196. The molecule has 0 radical (unpaired) electrons. The maximum absolute atomic E-state index is 5.89. The number of anilines is 1. The van der Waals surface area contributed by atoms with Gasteiger partial charge in [-0.1, -0.05) is 0 Å². The Morgan fingerprint density at radius 2 is 2.40 bits per heavy atom. The molecule has 1 aliphatic carbocycles. The third-order valence-electron chi connectivity index (χ3n) is 3.77. The molecule has 1 unspecified atom stereocenters. The van der Waals surface area contributed by atoms with E-state index in [1.54, 1.807) is 0 Å². The lowest BCUT2D eigenvalue weighted by atomic mass is 9.74. The van der Waals surface area contributed by atoms with E-state index in [1.165, 1.54) is 19.3 Å². The van der Waals surface area contributed by atoms with Gasteiger partial charge in [-0.3, -0.25) is 0 Å². The molecule has 1 aromatic rings. The van der Waals surface area contributed by atoms with E-state index < -0.39 is 0 Å². The summed E-state index contributed by atoms with van der Waals surface area (Å²) in [6.45, 7) is 0.878. The number of nitrogen functional groups attached to an aromatic ring is 1. The molecule has 0 aromatic carbocycles. The third-order valence-corrected chi connectivity index (χ3v) is 3.77. The van der Waals surface area contributed by atoms with Crippen molar-refractivity contribution in [2.75, 3.05) is 12.3 Å². The number of nitrogens with zero attached hydrogens (tertiary/aromatic N) is 2. The zero-order valence-electron chi connectivity index (χ0n) is 8.85. The van der Waals surface area contributed by atoms with Gasteiger partial charge in [-0.05, 0) is 32.1 Å². The third kappa shape index (κ3) is 1.53. The van der Waals surface area contributed by atoms with Gasteiger partial charge in [0.25, 0.3) is 0 Å². The van der Waals surface area contributed by atoms with E-state index in [4.69, 9.17) is 10.5 Å². The monoisotopic (exact) mass is 207 g/mol. The lowest BCUT2D eigenvalue weighted by Crippen LogP contribution is -2.45. The lowest BCUT2D eigenvalue weighted by molar-refractivity contribution is -0.140. The summed E-state index contributed by atoms with van der Waals surface area (Å²) in [5.74, 6) is 0.615. The van der Waals surface area contributed by atoms with Gasteiger partial charge in [-0.2, -0.15) is 0 Å². The first-order chi connectivity index (χ1) is 7.27. The van der Waals surface area contributed by atoms with Crippen LogP contribution in [0.2, 0.25) is 0 Å². The highest BCUT2D eigenvalue weighted by molar-refractivity contribution is 5.23. The van der Waals surface area contributed by atoms with Crippen molar-refractivity contribution in [3.63, 3.8) is 0 Å². The Morgan fingerprint density at radius 3 is 3.00 bits per heavy atom. The van der Waals surface area contributed by atoms with Crippen LogP contribution in [0, 0.1) is 0 Å². The smallest absolute Gasteiger partial charge is 0.141 e. The molecule has 2 heterocycles. The van der Waals surface area contributed by atoms with Crippen LogP contribution in [0.1, 0.15) is 38.1 Å². The molecule has 1 spiro atoms. The van der Waals surface area contributed by atoms with Gasteiger partial charge in [0.15, 0.2) is 0 Å². The van der Waals surface area contributed by atoms with Crippen LogP contribution in [-0.4, -0.2) is 21.8 Å². The normalized spacial score (nSPS) is 28.9. The highest BCUT2D eigenvalue weighted by Gasteiger charge is 2.42. The van der Waals surface area contributed by atoms with Crippen molar-refractivity contribution in [1.82, 2.24) is 9.55 Å². The summed E-state index contributed by atoms with van der Waals surface area (Å²) < 4.78 is 8.05. The average molecular weight is 207 g/mol. The summed E-state index contributed by atoms with van der Waals surface area (Å²) in [4.78, 5) is 4.08. The maximum Gasteiger partial charge on any atom is 0.141 e. The molecule has 2 aliphatic rings. The largest absolute Gasteiger partial charge is 0.382 e. The maximum atomic E-state index is 5.89. The van der Waals surface area contributed by atoms with Crippen molar-refractivity contribution in [3.8, 4) is 0 Å². The van der Waals surface area contributed by atoms with Crippen LogP contribution in [0.4, 0.5) is 5.82 Å². The second kappa shape index (κ2) is 3.23. The van der Waals surface area contributed by atoms with E-state index in [-0.39, 0.29) is 5.60 Å². The second-order valence-electron chi connectivity index (χ2n) is 4.78. The molecule has 1 atom stereocenters. The molecule has 15 heavy (non-hydrogen) atoms. The molecule has 2 N–H and O–H groups in total. The van der Waals surface area contributed by atoms with Crippen molar-refractivity contribution < 1.29 is 4.74 Å². The highest BCUT2D eigenvalue weighted by atomic mass is 16.5. The van der Waals surface area contributed by atoms with Gasteiger partial charge in [0.1, 0.15) is 5.82 Å². The number of hydrogen-bond acceptors (Lipinski definition) is 3. The summed E-state index contributed by atoms with van der Waals surface area (Å²) in [7, 11) is 0. The van der Waals surface area contributed by atoms with Gasteiger partial charge in [0, 0.05) is 18.8 Å². The topological polar surface area (TPSA) is 53.1 Å². The van der Waals surface area contributed by atoms with Crippen molar-refractivity contribution >= 4 is 5.82 Å². The number of aromatic nitrogens is 2. The number of ether oxygens (including phenoxy) is 1. The van der Waals surface area contributed by atoms with E-state index in [0.717, 1.165) is 19.4 Å². The quantitative estimate of drug-likeness (QED) is 0.763. The standard InChI is InChI=1S/C11H17N3O/c12-10-7-14(8-13-10)9-2-5-15-11(6-9)3-1-4-11/h7-9H,1-6,12H2. The van der Waals surface area contributed by atoms with E-state index >= 15 is 0 Å². The molecule has 3 rings (SSSR count). The Hall–Kier alpha value is -1.03. The van der Waals surface area contributed by atoms with E-state index in [1.807, 2.05) is 12.5 Å². The van der Waals surface area contributed by atoms with Crippen LogP contribution >= 0.6 is 0 Å². The first kappa shape index (κ1) is 9.21. The number of nitrogens with two attached hydrogens (primary N) is 1. The van der Waals surface area contributed by atoms with Crippen LogP contribution in [-0.2, 0) is 4.74 Å². The number of imidazole rings is 1. The Balaban J connectivity index is 1.76. The van der Waals surface area contributed by atoms with Gasteiger partial charge in [-0.15, -0.1) is 0 Å². The molecular formula is C11H17N3O. The fourth-order valence-corrected chi connectivity index (χ4v) is 2.73. The number of hydrogen-bond donors (Lipinski definition) is 1. The molecule has 1 aliphatic heterocycles. The molecule has 4 nitrogen and oxygen atoms in total. The van der Waals surface area contributed by atoms with Crippen LogP contribution in [0.25, 0.3) is 0 Å². The SMILES string of the molecule is Nc1cn(C2CCOC3(CCC3)C2)cn1. The van der Waals surface area contributed by atoms with Gasteiger partial charge >= 0.3 is 0 Å². The van der Waals surface area contributed by atoms with E-state index in [9.17, 15) is 0 Å². The van der Waals surface area contributed by atoms with Gasteiger partial charge in [0.2, 0.25) is 0 Å². The Morgan fingerprint density at radius 1 is 1.53 bits per heavy atom. The molecule has 1 saturated heterocycles. The fraction of sp³-hybridized carbons (Fsp3) is 0.727. The van der Waals surface area contributed by atoms with Crippen LogP contribution in [0.15, 0.2) is 12.5 Å². The zero-order chi connectivity index (χ0) is 10.3. The summed E-state index contributed by atoms with van der Waals surface area (Å²) in [5.41, 5.74) is 5.83. The average Bonchev–Trinajstić information content (AvgIpc) is 2.63. The van der Waals surface area contributed by atoms with Crippen molar-refractivity contribution in [3.05, 3.63) is 12.5 Å². The molecule has 1 aromatic heterocycles. The van der Waals surface area contributed by atoms with Crippen LogP contribution < -0.4 is 5.73 Å². The Kier molecular flexibility index (Phi) is 1.99. The zero-order valence-corrected chi connectivity index (χ0v) is 8.85. The predicted molar refractivity (Wildman–Crippen MR) is 57.4 cm³/mol. The molecular weight excluding hydrogens is 190 g/mol. The van der Waals surface area contributed by atoms with Crippen molar-refractivity contribution in [1.29, 1.82) is 0 Å². The summed E-state index contributed by atoms with van der Waals surface area (Å²) in [5, 5.41) is 0. The van der Waals surface area contributed by atoms with Crippen LogP contribution in [0.3, 0.4) is 0 Å². The molecule has 2 fully saturated rings. The van der Waals surface area contributed by atoms with Crippen molar-refractivity contribution in [2.24, 2.45) is 0 Å². The lowest BCUT2D eigenvalue weighted by Gasteiger charge is -2.47. The Labute approximate surface area is 89.4 Å². The van der Waals surface area contributed by atoms with Gasteiger partial charge in [0.05, 0.1) is 11.9 Å². The number of rotatable bonds is 1. The van der Waals surface area contributed by atoms with E-state index in [0.29, 0.717) is 11.9 Å². The second-order valence-corrected chi connectivity index (χ2v) is 4.78. The molecule has 4 heteroatoms. The first-order valence-corrected chi connectivity index (χ1v) is 5.70. The summed E-state index contributed by atoms with van der Waals surface area (Å²) in [6, 6.07) is 0.531.